The Hall–Kier alpha value is -1.19. The van der Waals surface area contributed by atoms with E-state index in [0.717, 1.165) is 5.69 Å². The summed E-state index contributed by atoms with van der Waals surface area (Å²) in [5.41, 5.74) is 1.46. The molecule has 0 aromatic carbocycles. The lowest BCUT2D eigenvalue weighted by atomic mass is 10.3. The Morgan fingerprint density at radius 1 is 1.13 bits per heavy atom. The van der Waals surface area contributed by atoms with E-state index in [2.05, 4.69) is 15.0 Å². The second kappa shape index (κ2) is 4.13. The molecule has 2 rings (SSSR count). The first-order valence-electron chi connectivity index (χ1n) is 4.28. The first kappa shape index (κ1) is 10.3. The van der Waals surface area contributed by atoms with Gasteiger partial charge in [0.2, 0.25) is 0 Å². The van der Waals surface area contributed by atoms with Gasteiger partial charge in [0, 0.05) is 11.9 Å². The van der Waals surface area contributed by atoms with Gasteiger partial charge in [-0.2, -0.15) is 0 Å². The number of hydrogen-bond acceptors (Lipinski definition) is 3. The van der Waals surface area contributed by atoms with Crippen LogP contribution in [0.1, 0.15) is 5.69 Å². The summed E-state index contributed by atoms with van der Waals surface area (Å²) in [6.07, 6.45) is 1.55. The minimum atomic E-state index is 0.411. The summed E-state index contributed by atoms with van der Waals surface area (Å²) in [7, 11) is 0. The molecule has 0 unspecified atom stereocenters. The predicted octanol–water partition coefficient (Wildman–Crippen LogP) is 3.15. The normalized spacial score (nSPS) is 10.3. The molecule has 0 aliphatic rings. The van der Waals surface area contributed by atoms with E-state index in [0.29, 0.717) is 21.7 Å². The molecule has 2 aromatic rings. The first-order chi connectivity index (χ1) is 7.15. The summed E-state index contributed by atoms with van der Waals surface area (Å²) < 4.78 is 0. The van der Waals surface area contributed by atoms with Gasteiger partial charge in [-0.05, 0) is 25.1 Å². The maximum Gasteiger partial charge on any atom is 0.179 e. The van der Waals surface area contributed by atoms with Crippen LogP contribution in [0.3, 0.4) is 0 Å². The third-order valence-electron chi connectivity index (χ3n) is 1.78. The molecule has 5 heteroatoms. The van der Waals surface area contributed by atoms with Crippen LogP contribution in [-0.2, 0) is 0 Å². The summed E-state index contributed by atoms with van der Waals surface area (Å²) in [6.45, 7) is 1.85. The van der Waals surface area contributed by atoms with Crippen LogP contribution in [0, 0.1) is 6.92 Å². The van der Waals surface area contributed by atoms with Crippen molar-refractivity contribution in [2.75, 3.05) is 0 Å². The van der Waals surface area contributed by atoms with Gasteiger partial charge in [0.25, 0.3) is 0 Å². The molecule has 0 fully saturated rings. The number of pyridine rings is 1. The fraction of sp³-hybridized carbons (Fsp3) is 0.100. The highest BCUT2D eigenvalue weighted by atomic mass is 35.5. The summed E-state index contributed by atoms with van der Waals surface area (Å²) in [5, 5.41) is 0.992. The molecular weight excluding hydrogens is 233 g/mol. The van der Waals surface area contributed by atoms with Crippen molar-refractivity contribution in [1.82, 2.24) is 15.0 Å². The minimum absolute atomic E-state index is 0.411. The largest absolute Gasteiger partial charge is 0.251 e. The molecular formula is C10H7Cl2N3. The Morgan fingerprint density at radius 2 is 1.93 bits per heavy atom. The highest BCUT2D eigenvalue weighted by Gasteiger charge is 2.04. The molecule has 3 nitrogen and oxygen atoms in total. The molecule has 2 heterocycles. The van der Waals surface area contributed by atoms with Gasteiger partial charge in [0.15, 0.2) is 5.82 Å². The molecule has 0 saturated heterocycles. The third kappa shape index (κ3) is 2.43. The van der Waals surface area contributed by atoms with Crippen molar-refractivity contribution in [3.8, 4) is 11.5 Å². The SMILES string of the molecule is Cc1cc(Cl)nc(-c2ccc(Cl)cn2)n1. The minimum Gasteiger partial charge on any atom is -0.251 e. The zero-order valence-electron chi connectivity index (χ0n) is 7.91. The van der Waals surface area contributed by atoms with Crippen LogP contribution in [0.2, 0.25) is 10.2 Å². The van der Waals surface area contributed by atoms with E-state index in [9.17, 15) is 0 Å². The molecule has 0 aliphatic carbocycles. The van der Waals surface area contributed by atoms with Crippen molar-refractivity contribution in [2.45, 2.75) is 6.92 Å². The Bertz CT molecular complexity index is 462. The lowest BCUT2D eigenvalue weighted by molar-refractivity contribution is 1.09. The Balaban J connectivity index is 2.49. The van der Waals surface area contributed by atoms with Crippen LogP contribution in [0.25, 0.3) is 11.5 Å². The summed E-state index contributed by atoms with van der Waals surface area (Å²) in [4.78, 5) is 12.4. The Morgan fingerprint density at radius 3 is 2.53 bits per heavy atom. The Labute approximate surface area is 97.1 Å². The zero-order chi connectivity index (χ0) is 10.8. The lowest BCUT2D eigenvalue weighted by Gasteiger charge is -2.01. The molecule has 0 amide bonds. The van der Waals surface area contributed by atoms with Gasteiger partial charge in [-0.1, -0.05) is 23.2 Å². The summed E-state index contributed by atoms with van der Waals surface area (Å²) in [5.74, 6) is 0.511. The molecule has 0 N–H and O–H groups in total. The van der Waals surface area contributed by atoms with E-state index >= 15 is 0 Å². The van der Waals surface area contributed by atoms with Crippen molar-refractivity contribution in [3.05, 3.63) is 40.3 Å². The van der Waals surface area contributed by atoms with Crippen molar-refractivity contribution in [1.29, 1.82) is 0 Å². The predicted molar refractivity (Wildman–Crippen MR) is 60.0 cm³/mol. The van der Waals surface area contributed by atoms with Crippen LogP contribution < -0.4 is 0 Å². The number of halogens is 2. The van der Waals surface area contributed by atoms with E-state index < -0.39 is 0 Å². The molecule has 0 saturated carbocycles. The van der Waals surface area contributed by atoms with E-state index in [4.69, 9.17) is 23.2 Å². The lowest BCUT2D eigenvalue weighted by Crippen LogP contribution is -1.93. The van der Waals surface area contributed by atoms with Gasteiger partial charge in [-0.25, -0.2) is 9.97 Å². The van der Waals surface area contributed by atoms with Crippen LogP contribution in [0.4, 0.5) is 0 Å². The fourth-order valence-electron chi connectivity index (χ4n) is 1.15. The van der Waals surface area contributed by atoms with E-state index in [1.54, 1.807) is 24.4 Å². The smallest absolute Gasteiger partial charge is 0.179 e. The number of nitrogens with zero attached hydrogens (tertiary/aromatic N) is 3. The van der Waals surface area contributed by atoms with E-state index in [1.165, 1.54) is 0 Å². The number of rotatable bonds is 1. The molecule has 0 radical (unpaired) electrons. The van der Waals surface area contributed by atoms with Gasteiger partial charge in [0.05, 0.1) is 5.02 Å². The second-order valence-electron chi connectivity index (χ2n) is 3.02. The highest BCUT2D eigenvalue weighted by Crippen LogP contribution is 2.17. The van der Waals surface area contributed by atoms with Crippen molar-refractivity contribution < 1.29 is 0 Å². The van der Waals surface area contributed by atoms with Gasteiger partial charge in [0.1, 0.15) is 10.8 Å². The van der Waals surface area contributed by atoms with Gasteiger partial charge in [-0.15, -0.1) is 0 Å². The average Bonchev–Trinajstić information content (AvgIpc) is 2.17. The standard InChI is InChI=1S/C10H7Cl2N3/c1-6-4-9(12)15-10(14-6)8-3-2-7(11)5-13-8/h2-5H,1H3. The Kier molecular flexibility index (Phi) is 2.84. The number of hydrogen-bond donors (Lipinski definition) is 0. The molecule has 15 heavy (non-hydrogen) atoms. The average molecular weight is 240 g/mol. The van der Waals surface area contributed by atoms with E-state index in [1.807, 2.05) is 6.92 Å². The molecule has 2 aromatic heterocycles. The van der Waals surface area contributed by atoms with E-state index in [-0.39, 0.29) is 0 Å². The molecule has 76 valence electrons. The molecule has 0 spiro atoms. The van der Waals surface area contributed by atoms with Crippen molar-refractivity contribution >= 4 is 23.2 Å². The number of aromatic nitrogens is 3. The number of aryl methyl sites for hydroxylation is 1. The summed E-state index contributed by atoms with van der Waals surface area (Å²) in [6, 6.07) is 5.19. The van der Waals surface area contributed by atoms with Crippen LogP contribution in [0.5, 0.6) is 0 Å². The van der Waals surface area contributed by atoms with Gasteiger partial charge in [-0.3, -0.25) is 4.98 Å². The van der Waals surface area contributed by atoms with Gasteiger partial charge < -0.3 is 0 Å². The van der Waals surface area contributed by atoms with Crippen LogP contribution >= 0.6 is 23.2 Å². The summed E-state index contributed by atoms with van der Waals surface area (Å²) >= 11 is 11.6. The molecule has 0 aliphatic heterocycles. The van der Waals surface area contributed by atoms with Gasteiger partial charge >= 0.3 is 0 Å². The highest BCUT2D eigenvalue weighted by molar-refractivity contribution is 6.30. The monoisotopic (exact) mass is 239 g/mol. The zero-order valence-corrected chi connectivity index (χ0v) is 9.42. The van der Waals surface area contributed by atoms with Crippen LogP contribution in [-0.4, -0.2) is 15.0 Å². The molecule has 0 atom stereocenters. The fourth-order valence-corrected chi connectivity index (χ4v) is 1.50. The first-order valence-corrected chi connectivity index (χ1v) is 5.04. The van der Waals surface area contributed by atoms with Crippen molar-refractivity contribution in [2.24, 2.45) is 0 Å². The second-order valence-corrected chi connectivity index (χ2v) is 3.84. The maximum atomic E-state index is 5.83. The van der Waals surface area contributed by atoms with Crippen LogP contribution in [0.15, 0.2) is 24.4 Å². The maximum absolute atomic E-state index is 5.83. The topological polar surface area (TPSA) is 38.7 Å². The third-order valence-corrected chi connectivity index (χ3v) is 2.20. The molecule has 0 bridgehead atoms. The quantitative estimate of drug-likeness (QED) is 0.718. The van der Waals surface area contributed by atoms with Crippen molar-refractivity contribution in [3.63, 3.8) is 0 Å².